The highest BCUT2D eigenvalue weighted by atomic mass is 16.5. The van der Waals surface area contributed by atoms with Crippen molar-refractivity contribution in [3.8, 4) is 17.0 Å². The number of aliphatic hydroxyl groups is 1. The van der Waals surface area contributed by atoms with E-state index in [1.807, 2.05) is 48.5 Å². The molecule has 0 atom stereocenters. The maximum absolute atomic E-state index is 12.9. The topological polar surface area (TPSA) is 83.0 Å². The lowest BCUT2D eigenvalue weighted by atomic mass is 10.0. The first-order chi connectivity index (χ1) is 15.5. The van der Waals surface area contributed by atoms with Crippen LogP contribution in [-0.2, 0) is 4.79 Å². The number of rotatable bonds is 4. The van der Waals surface area contributed by atoms with Crippen LogP contribution in [0.15, 0.2) is 54.6 Å². The summed E-state index contributed by atoms with van der Waals surface area (Å²) in [5.41, 5.74) is 2.42. The first kappa shape index (κ1) is 20.5. The number of methoxy groups -OCH3 is 1. The molecule has 7 nitrogen and oxygen atoms in total. The Hall–Kier alpha value is -3.45. The zero-order valence-corrected chi connectivity index (χ0v) is 18.0. The quantitative estimate of drug-likeness (QED) is 0.687. The highest BCUT2D eigenvalue weighted by Crippen LogP contribution is 2.37. The Morgan fingerprint density at radius 3 is 2.22 bits per heavy atom. The second kappa shape index (κ2) is 7.91. The van der Waals surface area contributed by atoms with Crippen molar-refractivity contribution in [3.63, 3.8) is 0 Å². The molecule has 1 N–H and O–H groups in total. The van der Waals surface area contributed by atoms with Gasteiger partial charge in [0.05, 0.1) is 12.6 Å². The fourth-order valence-corrected chi connectivity index (χ4v) is 4.13. The monoisotopic (exact) mass is 431 g/mol. The van der Waals surface area contributed by atoms with Crippen LogP contribution in [0.1, 0.15) is 23.2 Å². The number of ether oxygens (including phenoxy) is 1. The van der Waals surface area contributed by atoms with Crippen LogP contribution < -0.4 is 4.74 Å². The van der Waals surface area contributed by atoms with Crippen LogP contribution >= 0.6 is 0 Å². The van der Waals surface area contributed by atoms with Crippen LogP contribution in [0, 0.1) is 0 Å². The minimum atomic E-state index is -1.15. The van der Waals surface area contributed by atoms with Crippen LogP contribution in [0.3, 0.4) is 0 Å². The SMILES string of the molecule is COc1ccc2cc(-c3ccc(C(=O)N4CCN(C(=O)C5(O)CC5)CC4)cc3)ccc2n1. The molecule has 32 heavy (non-hydrogen) atoms. The van der Waals surface area contributed by atoms with E-state index >= 15 is 0 Å². The second-order valence-corrected chi connectivity index (χ2v) is 8.45. The molecule has 3 aromatic rings. The Morgan fingerprint density at radius 2 is 1.56 bits per heavy atom. The maximum atomic E-state index is 12.9. The van der Waals surface area contributed by atoms with Crippen molar-refractivity contribution in [1.29, 1.82) is 0 Å². The molecule has 1 aliphatic heterocycles. The van der Waals surface area contributed by atoms with E-state index in [4.69, 9.17) is 4.74 Å². The number of fused-ring (bicyclic) bond motifs is 1. The maximum Gasteiger partial charge on any atom is 0.254 e. The minimum Gasteiger partial charge on any atom is -0.481 e. The van der Waals surface area contributed by atoms with Crippen LogP contribution in [0.5, 0.6) is 5.88 Å². The first-order valence-corrected chi connectivity index (χ1v) is 10.8. The Labute approximate surface area is 186 Å². The Bertz CT molecular complexity index is 1180. The molecule has 5 rings (SSSR count). The Kier molecular flexibility index (Phi) is 5.06. The van der Waals surface area contributed by atoms with Gasteiger partial charge in [-0.3, -0.25) is 9.59 Å². The van der Waals surface area contributed by atoms with Gasteiger partial charge in [-0.1, -0.05) is 18.2 Å². The molecule has 0 radical (unpaired) electrons. The van der Waals surface area contributed by atoms with Gasteiger partial charge in [0, 0.05) is 43.2 Å². The van der Waals surface area contributed by atoms with Crippen LogP contribution in [0.4, 0.5) is 0 Å². The van der Waals surface area contributed by atoms with Gasteiger partial charge in [-0.05, 0) is 54.3 Å². The number of amides is 2. The zero-order chi connectivity index (χ0) is 22.3. The van der Waals surface area contributed by atoms with Crippen molar-refractivity contribution < 1.29 is 19.4 Å². The molecule has 7 heteroatoms. The molecule has 2 fully saturated rings. The zero-order valence-electron chi connectivity index (χ0n) is 18.0. The molecule has 0 spiro atoms. The van der Waals surface area contributed by atoms with Gasteiger partial charge in [0.15, 0.2) is 0 Å². The van der Waals surface area contributed by atoms with E-state index < -0.39 is 5.60 Å². The van der Waals surface area contributed by atoms with Crippen LogP contribution in [0.2, 0.25) is 0 Å². The molecular formula is C25H25N3O4. The summed E-state index contributed by atoms with van der Waals surface area (Å²) in [6.07, 6.45) is 1.08. The summed E-state index contributed by atoms with van der Waals surface area (Å²) in [7, 11) is 1.60. The average Bonchev–Trinajstić information content (AvgIpc) is 3.61. The summed E-state index contributed by atoms with van der Waals surface area (Å²) in [5, 5.41) is 11.0. The van der Waals surface area contributed by atoms with Crippen molar-refractivity contribution in [2.45, 2.75) is 18.4 Å². The number of piperazine rings is 1. The lowest BCUT2D eigenvalue weighted by Gasteiger charge is -2.35. The van der Waals surface area contributed by atoms with E-state index in [0.717, 1.165) is 22.0 Å². The van der Waals surface area contributed by atoms with Crippen molar-refractivity contribution in [3.05, 3.63) is 60.2 Å². The van der Waals surface area contributed by atoms with Crippen LogP contribution in [-0.4, -0.2) is 70.6 Å². The van der Waals surface area contributed by atoms with Gasteiger partial charge in [0.2, 0.25) is 5.88 Å². The predicted octanol–water partition coefficient (Wildman–Crippen LogP) is 2.72. The third-order valence-corrected chi connectivity index (χ3v) is 6.31. The first-order valence-electron chi connectivity index (χ1n) is 10.8. The third-order valence-electron chi connectivity index (χ3n) is 6.31. The van der Waals surface area contributed by atoms with E-state index in [2.05, 4.69) is 11.1 Å². The third kappa shape index (κ3) is 3.80. The largest absolute Gasteiger partial charge is 0.481 e. The van der Waals surface area contributed by atoms with Gasteiger partial charge in [-0.15, -0.1) is 0 Å². The molecule has 2 heterocycles. The van der Waals surface area contributed by atoms with Gasteiger partial charge >= 0.3 is 0 Å². The highest BCUT2D eigenvalue weighted by Gasteiger charge is 2.50. The molecular weight excluding hydrogens is 406 g/mol. The molecule has 2 aliphatic rings. The van der Waals surface area contributed by atoms with E-state index in [0.29, 0.717) is 50.5 Å². The van der Waals surface area contributed by atoms with Gasteiger partial charge in [-0.2, -0.15) is 0 Å². The normalized spacial score (nSPS) is 17.3. The Morgan fingerprint density at radius 1 is 0.906 bits per heavy atom. The van der Waals surface area contributed by atoms with Gasteiger partial charge in [0.1, 0.15) is 5.60 Å². The summed E-state index contributed by atoms with van der Waals surface area (Å²) in [6.45, 7) is 1.87. The van der Waals surface area contributed by atoms with Gasteiger partial charge in [-0.25, -0.2) is 4.98 Å². The summed E-state index contributed by atoms with van der Waals surface area (Å²) < 4.78 is 5.18. The number of pyridine rings is 1. The van der Waals surface area contributed by atoms with Crippen molar-refractivity contribution in [1.82, 2.24) is 14.8 Å². The predicted molar refractivity (Wildman–Crippen MR) is 120 cm³/mol. The van der Waals surface area contributed by atoms with Gasteiger partial charge < -0.3 is 19.6 Å². The molecule has 1 saturated carbocycles. The van der Waals surface area contributed by atoms with Gasteiger partial charge in [0.25, 0.3) is 11.8 Å². The molecule has 1 aliphatic carbocycles. The molecule has 0 bridgehead atoms. The summed E-state index contributed by atoms with van der Waals surface area (Å²) in [6, 6.07) is 17.5. The molecule has 1 aromatic heterocycles. The summed E-state index contributed by atoms with van der Waals surface area (Å²) >= 11 is 0. The second-order valence-electron chi connectivity index (χ2n) is 8.45. The van der Waals surface area contributed by atoms with Crippen LogP contribution in [0.25, 0.3) is 22.0 Å². The molecule has 2 aromatic carbocycles. The van der Waals surface area contributed by atoms with E-state index in [9.17, 15) is 14.7 Å². The number of benzene rings is 2. The number of nitrogens with zero attached hydrogens (tertiary/aromatic N) is 3. The van der Waals surface area contributed by atoms with E-state index in [1.54, 1.807) is 16.9 Å². The number of hydrogen-bond acceptors (Lipinski definition) is 5. The lowest BCUT2D eigenvalue weighted by molar-refractivity contribution is -0.143. The van der Waals surface area contributed by atoms with Crippen molar-refractivity contribution >= 4 is 22.7 Å². The fraction of sp³-hybridized carbons (Fsp3) is 0.320. The highest BCUT2D eigenvalue weighted by molar-refractivity contribution is 5.95. The molecule has 0 unspecified atom stereocenters. The number of carbonyl (C=O) groups excluding carboxylic acids is 2. The summed E-state index contributed by atoms with van der Waals surface area (Å²) in [4.78, 5) is 33.1. The average molecular weight is 431 g/mol. The van der Waals surface area contributed by atoms with Crippen molar-refractivity contribution in [2.75, 3.05) is 33.3 Å². The number of hydrogen-bond donors (Lipinski definition) is 1. The standard InChI is InChI=1S/C25H25N3O4/c1-32-22-9-7-20-16-19(6-8-21(20)26-22)17-2-4-18(5-3-17)23(29)27-12-14-28(15-13-27)24(30)25(31)10-11-25/h2-9,16,31H,10-15H2,1H3. The number of carbonyl (C=O) groups is 2. The molecule has 164 valence electrons. The molecule has 1 saturated heterocycles. The number of aromatic nitrogens is 1. The van der Waals surface area contributed by atoms with E-state index in [-0.39, 0.29) is 11.8 Å². The minimum absolute atomic E-state index is 0.0383. The van der Waals surface area contributed by atoms with Crippen molar-refractivity contribution in [2.24, 2.45) is 0 Å². The van der Waals surface area contributed by atoms with E-state index in [1.165, 1.54) is 0 Å². The Balaban J connectivity index is 1.26. The fourth-order valence-electron chi connectivity index (χ4n) is 4.13. The lowest BCUT2D eigenvalue weighted by Crippen LogP contribution is -2.53. The smallest absolute Gasteiger partial charge is 0.254 e. The molecule has 2 amide bonds. The summed E-state index contributed by atoms with van der Waals surface area (Å²) in [5.74, 6) is 0.350.